The van der Waals surface area contributed by atoms with Crippen LogP contribution in [0.15, 0.2) is 0 Å². The van der Waals surface area contributed by atoms with Gasteiger partial charge in [-0.05, 0) is 44.7 Å². The van der Waals surface area contributed by atoms with Crippen molar-refractivity contribution >= 4 is 15.7 Å². The first kappa shape index (κ1) is 13.8. The Morgan fingerprint density at radius 1 is 1.33 bits per heavy atom. The molecule has 2 heterocycles. The van der Waals surface area contributed by atoms with E-state index in [0.29, 0.717) is 18.8 Å². The third kappa shape index (κ3) is 4.24. The average molecular weight is 274 g/mol. The van der Waals surface area contributed by atoms with Gasteiger partial charge in [0.15, 0.2) is 9.84 Å². The molecule has 0 bridgehead atoms. The number of amides is 1. The quantitative estimate of drug-likeness (QED) is 0.761. The highest BCUT2D eigenvalue weighted by atomic mass is 32.2. The minimum atomic E-state index is -2.90. The molecule has 104 valence electrons. The van der Waals surface area contributed by atoms with Crippen LogP contribution in [0.4, 0.5) is 0 Å². The minimum Gasteiger partial charge on any atom is -0.352 e. The first-order valence-electron chi connectivity index (χ1n) is 6.76. The molecule has 0 aliphatic carbocycles. The van der Waals surface area contributed by atoms with Crippen LogP contribution >= 0.6 is 0 Å². The fourth-order valence-corrected chi connectivity index (χ4v) is 4.39. The highest BCUT2D eigenvalue weighted by molar-refractivity contribution is 7.91. The Morgan fingerprint density at radius 3 is 2.78 bits per heavy atom. The van der Waals surface area contributed by atoms with Crippen molar-refractivity contribution in [1.82, 2.24) is 10.6 Å². The zero-order valence-corrected chi connectivity index (χ0v) is 11.5. The molecule has 2 saturated heterocycles. The average Bonchev–Trinajstić information content (AvgIpc) is 2.67. The Bertz CT molecular complexity index is 388. The van der Waals surface area contributed by atoms with Gasteiger partial charge in [-0.1, -0.05) is 0 Å². The molecule has 0 saturated carbocycles. The van der Waals surface area contributed by atoms with E-state index < -0.39 is 9.84 Å². The Kier molecular flexibility index (Phi) is 4.61. The maximum atomic E-state index is 11.7. The van der Waals surface area contributed by atoms with Gasteiger partial charge in [-0.15, -0.1) is 0 Å². The maximum Gasteiger partial charge on any atom is 0.220 e. The van der Waals surface area contributed by atoms with E-state index >= 15 is 0 Å². The van der Waals surface area contributed by atoms with E-state index in [1.54, 1.807) is 0 Å². The number of carbonyl (C=O) groups excluding carboxylic acids is 1. The molecule has 2 rings (SSSR count). The van der Waals surface area contributed by atoms with Crippen molar-refractivity contribution in [3.8, 4) is 0 Å². The molecule has 1 amide bonds. The number of piperidine rings is 1. The van der Waals surface area contributed by atoms with Gasteiger partial charge in [0.05, 0.1) is 11.5 Å². The van der Waals surface area contributed by atoms with Crippen molar-refractivity contribution in [2.75, 3.05) is 24.6 Å². The van der Waals surface area contributed by atoms with Crippen LogP contribution < -0.4 is 10.6 Å². The topological polar surface area (TPSA) is 75.3 Å². The van der Waals surface area contributed by atoms with Crippen LogP contribution in [-0.4, -0.2) is 45.0 Å². The lowest BCUT2D eigenvalue weighted by Gasteiger charge is -2.22. The van der Waals surface area contributed by atoms with E-state index in [1.807, 2.05) is 0 Å². The molecule has 2 aliphatic heterocycles. The monoisotopic (exact) mass is 274 g/mol. The SMILES string of the molecule is O=C(CCC1CCCNC1)NC1CCS(=O)(=O)C1. The first-order valence-corrected chi connectivity index (χ1v) is 8.58. The summed E-state index contributed by atoms with van der Waals surface area (Å²) in [5, 5.41) is 6.17. The molecule has 2 fully saturated rings. The predicted octanol–water partition coefficient (Wildman–Crippen LogP) is 0.0695. The molecule has 5 nitrogen and oxygen atoms in total. The van der Waals surface area contributed by atoms with Gasteiger partial charge in [0, 0.05) is 12.5 Å². The summed E-state index contributed by atoms with van der Waals surface area (Å²) in [7, 11) is -2.90. The summed E-state index contributed by atoms with van der Waals surface area (Å²) in [4.78, 5) is 11.7. The van der Waals surface area contributed by atoms with Gasteiger partial charge in [0.2, 0.25) is 5.91 Å². The summed E-state index contributed by atoms with van der Waals surface area (Å²) in [6, 6.07) is -0.160. The zero-order chi connectivity index (χ0) is 13.0. The molecule has 0 radical (unpaired) electrons. The van der Waals surface area contributed by atoms with Crippen molar-refractivity contribution in [2.24, 2.45) is 5.92 Å². The molecular weight excluding hydrogens is 252 g/mol. The highest BCUT2D eigenvalue weighted by Gasteiger charge is 2.28. The van der Waals surface area contributed by atoms with Crippen LogP contribution in [0.3, 0.4) is 0 Å². The van der Waals surface area contributed by atoms with E-state index in [9.17, 15) is 13.2 Å². The van der Waals surface area contributed by atoms with Gasteiger partial charge >= 0.3 is 0 Å². The predicted molar refractivity (Wildman–Crippen MR) is 70.0 cm³/mol. The number of rotatable bonds is 4. The molecule has 2 unspecified atom stereocenters. The van der Waals surface area contributed by atoms with E-state index in [4.69, 9.17) is 0 Å². The van der Waals surface area contributed by atoms with Crippen LogP contribution in [0, 0.1) is 5.92 Å². The smallest absolute Gasteiger partial charge is 0.220 e. The summed E-state index contributed by atoms with van der Waals surface area (Å²) in [6.45, 7) is 2.09. The van der Waals surface area contributed by atoms with Crippen molar-refractivity contribution in [3.63, 3.8) is 0 Å². The van der Waals surface area contributed by atoms with Crippen LogP contribution in [-0.2, 0) is 14.6 Å². The molecule has 0 aromatic heterocycles. The van der Waals surface area contributed by atoms with Crippen molar-refractivity contribution < 1.29 is 13.2 Å². The third-order valence-corrected chi connectivity index (χ3v) is 5.54. The fourth-order valence-electron chi connectivity index (χ4n) is 2.71. The van der Waals surface area contributed by atoms with Gasteiger partial charge < -0.3 is 10.6 Å². The Morgan fingerprint density at radius 2 is 2.17 bits per heavy atom. The molecular formula is C12H22N2O3S. The molecule has 0 aromatic rings. The third-order valence-electron chi connectivity index (χ3n) is 3.78. The summed E-state index contributed by atoms with van der Waals surface area (Å²) < 4.78 is 22.5. The second kappa shape index (κ2) is 6.02. The van der Waals surface area contributed by atoms with E-state index in [1.165, 1.54) is 12.8 Å². The fraction of sp³-hybridized carbons (Fsp3) is 0.917. The highest BCUT2D eigenvalue weighted by Crippen LogP contribution is 2.16. The number of sulfone groups is 1. The normalized spacial score (nSPS) is 31.1. The lowest BCUT2D eigenvalue weighted by atomic mass is 9.94. The van der Waals surface area contributed by atoms with E-state index in [0.717, 1.165) is 19.5 Å². The molecule has 2 aliphatic rings. The molecule has 2 atom stereocenters. The van der Waals surface area contributed by atoms with Crippen molar-refractivity contribution in [3.05, 3.63) is 0 Å². The van der Waals surface area contributed by atoms with Gasteiger partial charge in [0.1, 0.15) is 0 Å². The lowest BCUT2D eigenvalue weighted by molar-refractivity contribution is -0.121. The molecule has 0 spiro atoms. The minimum absolute atomic E-state index is 0.00248. The van der Waals surface area contributed by atoms with E-state index in [2.05, 4.69) is 10.6 Å². The lowest BCUT2D eigenvalue weighted by Crippen LogP contribution is -2.36. The Balaban J connectivity index is 1.66. The van der Waals surface area contributed by atoms with Crippen molar-refractivity contribution in [2.45, 2.75) is 38.1 Å². The molecule has 6 heteroatoms. The summed E-state index contributed by atoms with van der Waals surface area (Å²) in [5.41, 5.74) is 0. The zero-order valence-electron chi connectivity index (χ0n) is 10.7. The Labute approximate surface area is 109 Å². The first-order chi connectivity index (χ1) is 8.55. The number of hydrogen-bond acceptors (Lipinski definition) is 4. The standard InChI is InChI=1S/C12H22N2O3S/c15-12(4-3-10-2-1-6-13-8-10)14-11-5-7-18(16,17)9-11/h10-11,13H,1-9H2,(H,14,15). The van der Waals surface area contributed by atoms with Gasteiger partial charge in [-0.3, -0.25) is 4.79 Å². The van der Waals surface area contributed by atoms with Crippen LogP contribution in [0.25, 0.3) is 0 Å². The number of nitrogens with one attached hydrogen (secondary N) is 2. The van der Waals surface area contributed by atoms with Crippen LogP contribution in [0.5, 0.6) is 0 Å². The molecule has 18 heavy (non-hydrogen) atoms. The van der Waals surface area contributed by atoms with Gasteiger partial charge in [0.25, 0.3) is 0 Å². The Hall–Kier alpha value is -0.620. The van der Waals surface area contributed by atoms with Gasteiger partial charge in [-0.2, -0.15) is 0 Å². The second-order valence-corrected chi connectivity index (χ2v) is 7.65. The van der Waals surface area contributed by atoms with Crippen LogP contribution in [0.2, 0.25) is 0 Å². The maximum absolute atomic E-state index is 11.7. The van der Waals surface area contributed by atoms with E-state index in [-0.39, 0.29) is 23.5 Å². The molecule has 2 N–H and O–H groups in total. The van der Waals surface area contributed by atoms with Crippen LogP contribution in [0.1, 0.15) is 32.1 Å². The summed E-state index contributed by atoms with van der Waals surface area (Å²) in [5.74, 6) is 0.924. The van der Waals surface area contributed by atoms with Crippen molar-refractivity contribution in [1.29, 1.82) is 0 Å². The second-order valence-electron chi connectivity index (χ2n) is 5.42. The summed E-state index contributed by atoms with van der Waals surface area (Å²) >= 11 is 0. The number of carbonyl (C=O) groups is 1. The molecule has 0 aromatic carbocycles. The number of hydrogen-bond donors (Lipinski definition) is 2. The summed E-state index contributed by atoms with van der Waals surface area (Å²) in [6.07, 6.45) is 4.37. The van der Waals surface area contributed by atoms with Gasteiger partial charge in [-0.25, -0.2) is 8.42 Å². The largest absolute Gasteiger partial charge is 0.352 e.